The van der Waals surface area contributed by atoms with Crippen LogP contribution < -0.4 is 11.1 Å². The standard InChI is InChI=1S/C19H18N4O3S/c1-10-9-27-18(23-10)13-4-2-3-11(17(13)24)8-22-12-5-6-15(20)14(7-12)16(21)19(25)26/h2-7,9,21-22,24H,8,20H2,1H3,(H,25,26). The van der Waals surface area contributed by atoms with E-state index in [1.54, 1.807) is 18.2 Å². The number of phenols is 1. The molecule has 0 atom stereocenters. The number of benzene rings is 2. The average Bonchev–Trinajstić information content (AvgIpc) is 3.07. The second kappa shape index (κ2) is 7.46. The minimum Gasteiger partial charge on any atom is -0.507 e. The van der Waals surface area contributed by atoms with Crippen LogP contribution in [0.3, 0.4) is 0 Å². The van der Waals surface area contributed by atoms with E-state index in [1.165, 1.54) is 17.4 Å². The van der Waals surface area contributed by atoms with Gasteiger partial charge in [-0.05, 0) is 31.2 Å². The van der Waals surface area contributed by atoms with Crippen molar-refractivity contribution in [2.45, 2.75) is 13.5 Å². The highest BCUT2D eigenvalue weighted by Crippen LogP contribution is 2.34. The van der Waals surface area contributed by atoms with E-state index < -0.39 is 11.7 Å². The number of thiazole rings is 1. The number of carbonyl (C=O) groups is 1. The molecule has 0 aliphatic carbocycles. The average molecular weight is 382 g/mol. The molecule has 0 bridgehead atoms. The van der Waals surface area contributed by atoms with Gasteiger partial charge in [-0.3, -0.25) is 5.41 Å². The third-order valence-electron chi connectivity index (χ3n) is 3.99. The Labute approximate surface area is 159 Å². The molecule has 3 rings (SSSR count). The molecule has 1 heterocycles. The van der Waals surface area contributed by atoms with Gasteiger partial charge in [0.25, 0.3) is 0 Å². The molecule has 0 aliphatic rings. The second-order valence-corrected chi connectivity index (χ2v) is 6.80. The minimum atomic E-state index is -1.34. The summed E-state index contributed by atoms with van der Waals surface area (Å²) in [5, 5.41) is 33.0. The Bertz CT molecular complexity index is 1030. The molecule has 7 nitrogen and oxygen atoms in total. The van der Waals surface area contributed by atoms with Gasteiger partial charge in [0.2, 0.25) is 0 Å². The smallest absolute Gasteiger partial charge is 0.354 e. The minimum absolute atomic E-state index is 0.142. The fraction of sp³-hybridized carbons (Fsp3) is 0.105. The van der Waals surface area contributed by atoms with Gasteiger partial charge in [-0.1, -0.05) is 12.1 Å². The molecule has 138 valence electrons. The van der Waals surface area contributed by atoms with Crippen molar-refractivity contribution in [1.29, 1.82) is 5.41 Å². The number of aryl methyl sites for hydroxylation is 1. The summed E-state index contributed by atoms with van der Waals surface area (Å²) in [6.45, 7) is 2.21. The first-order valence-electron chi connectivity index (χ1n) is 8.05. The molecule has 0 amide bonds. The number of nitrogens with one attached hydrogen (secondary N) is 2. The summed E-state index contributed by atoms with van der Waals surface area (Å²) in [5.41, 5.74) is 8.39. The molecule has 0 spiro atoms. The van der Waals surface area contributed by atoms with Gasteiger partial charge in [0.1, 0.15) is 16.5 Å². The number of hydrogen-bond donors (Lipinski definition) is 5. The molecular weight excluding hydrogens is 364 g/mol. The number of aromatic nitrogens is 1. The van der Waals surface area contributed by atoms with Crippen LogP contribution in [0.4, 0.5) is 11.4 Å². The van der Waals surface area contributed by atoms with Crippen LogP contribution >= 0.6 is 11.3 Å². The maximum Gasteiger partial charge on any atom is 0.354 e. The summed E-state index contributed by atoms with van der Waals surface area (Å²) < 4.78 is 0. The molecular formula is C19H18N4O3S. The van der Waals surface area contributed by atoms with Crippen LogP contribution in [0.25, 0.3) is 10.6 Å². The number of carboxylic acid groups (broad SMARTS) is 1. The fourth-order valence-corrected chi connectivity index (χ4v) is 3.40. The van der Waals surface area contributed by atoms with Crippen LogP contribution in [0.5, 0.6) is 5.75 Å². The first-order valence-corrected chi connectivity index (χ1v) is 8.93. The maximum absolute atomic E-state index is 11.0. The van der Waals surface area contributed by atoms with Crippen LogP contribution in [0.2, 0.25) is 0 Å². The Kier molecular flexibility index (Phi) is 5.09. The van der Waals surface area contributed by atoms with Gasteiger partial charge in [-0.25, -0.2) is 9.78 Å². The number of aromatic hydroxyl groups is 1. The number of carboxylic acids is 1. The Balaban J connectivity index is 1.82. The van der Waals surface area contributed by atoms with Crippen molar-refractivity contribution in [3.05, 3.63) is 58.6 Å². The van der Waals surface area contributed by atoms with Crippen LogP contribution in [0.1, 0.15) is 16.8 Å². The van der Waals surface area contributed by atoms with Crippen molar-refractivity contribution in [3.8, 4) is 16.3 Å². The largest absolute Gasteiger partial charge is 0.507 e. The zero-order valence-corrected chi connectivity index (χ0v) is 15.3. The van der Waals surface area contributed by atoms with E-state index in [-0.39, 0.29) is 17.0 Å². The number of hydrogen-bond acceptors (Lipinski definition) is 7. The molecule has 0 fully saturated rings. The molecule has 0 saturated heterocycles. The van der Waals surface area contributed by atoms with E-state index in [1.807, 2.05) is 24.4 Å². The normalized spacial score (nSPS) is 10.6. The van der Waals surface area contributed by atoms with E-state index in [2.05, 4.69) is 10.3 Å². The Morgan fingerprint density at radius 2 is 2.11 bits per heavy atom. The monoisotopic (exact) mass is 382 g/mol. The first kappa shape index (κ1) is 18.4. The van der Waals surface area contributed by atoms with Crippen molar-refractivity contribution in [3.63, 3.8) is 0 Å². The first-order chi connectivity index (χ1) is 12.9. The van der Waals surface area contributed by atoms with Crippen molar-refractivity contribution in [2.75, 3.05) is 11.1 Å². The van der Waals surface area contributed by atoms with Crippen LogP contribution in [0.15, 0.2) is 41.8 Å². The number of nitrogens with zero attached hydrogens (tertiary/aromatic N) is 1. The topological polar surface area (TPSA) is 132 Å². The summed E-state index contributed by atoms with van der Waals surface area (Å²) >= 11 is 1.46. The molecule has 0 aliphatic heterocycles. The van der Waals surface area contributed by atoms with E-state index in [0.717, 1.165) is 10.7 Å². The molecule has 8 heteroatoms. The molecule has 0 radical (unpaired) electrons. The number of phenolic OH excluding ortho intramolecular Hbond substituents is 1. The highest BCUT2D eigenvalue weighted by Gasteiger charge is 2.15. The van der Waals surface area contributed by atoms with Crippen molar-refractivity contribution < 1.29 is 15.0 Å². The highest BCUT2D eigenvalue weighted by molar-refractivity contribution is 7.13. The van der Waals surface area contributed by atoms with Crippen molar-refractivity contribution in [2.24, 2.45) is 0 Å². The molecule has 6 N–H and O–H groups in total. The van der Waals surface area contributed by atoms with E-state index in [0.29, 0.717) is 23.4 Å². The Hall–Kier alpha value is -3.39. The predicted octanol–water partition coefficient (Wildman–Crippen LogP) is 3.47. The maximum atomic E-state index is 11.0. The van der Waals surface area contributed by atoms with Crippen LogP contribution in [-0.2, 0) is 11.3 Å². The van der Waals surface area contributed by atoms with Crippen LogP contribution in [0, 0.1) is 12.3 Å². The zero-order chi connectivity index (χ0) is 19.6. The number of para-hydroxylation sites is 1. The number of nitrogens with two attached hydrogens (primary N) is 1. The molecule has 3 aromatic rings. The van der Waals surface area contributed by atoms with Crippen LogP contribution in [-0.4, -0.2) is 26.9 Å². The SMILES string of the molecule is Cc1csc(-c2cccc(CNc3ccc(N)c(C(=N)C(=O)O)c3)c2O)n1. The summed E-state index contributed by atoms with van der Waals surface area (Å²) in [6, 6.07) is 10.2. The number of rotatable bonds is 6. The third kappa shape index (κ3) is 3.90. The second-order valence-electron chi connectivity index (χ2n) is 5.94. The summed E-state index contributed by atoms with van der Waals surface area (Å²) in [7, 11) is 0. The summed E-state index contributed by atoms with van der Waals surface area (Å²) in [6.07, 6.45) is 0. The molecule has 0 saturated carbocycles. The van der Waals surface area contributed by atoms with Gasteiger partial charge in [-0.2, -0.15) is 0 Å². The van der Waals surface area contributed by atoms with E-state index in [4.69, 9.17) is 16.2 Å². The molecule has 0 unspecified atom stereocenters. The fourth-order valence-electron chi connectivity index (χ4n) is 2.58. The third-order valence-corrected chi connectivity index (χ3v) is 4.98. The van der Waals surface area contributed by atoms with Crippen molar-refractivity contribution >= 4 is 34.4 Å². The lowest BCUT2D eigenvalue weighted by Gasteiger charge is -2.12. The number of nitrogen functional groups attached to an aromatic ring is 1. The van der Waals surface area contributed by atoms with Gasteiger partial charge in [0, 0.05) is 40.1 Å². The van der Waals surface area contributed by atoms with Gasteiger partial charge >= 0.3 is 5.97 Å². The predicted molar refractivity (Wildman–Crippen MR) is 107 cm³/mol. The quantitative estimate of drug-likeness (QED) is 0.327. The van der Waals surface area contributed by atoms with E-state index in [9.17, 15) is 9.90 Å². The molecule has 1 aromatic heterocycles. The molecule has 2 aromatic carbocycles. The lowest BCUT2D eigenvalue weighted by molar-refractivity contribution is -0.129. The zero-order valence-electron chi connectivity index (χ0n) is 14.5. The summed E-state index contributed by atoms with van der Waals surface area (Å²) in [4.78, 5) is 15.4. The highest BCUT2D eigenvalue weighted by atomic mass is 32.1. The van der Waals surface area contributed by atoms with Crippen molar-refractivity contribution in [1.82, 2.24) is 4.98 Å². The molecule has 27 heavy (non-hydrogen) atoms. The van der Waals surface area contributed by atoms with Gasteiger partial charge in [0.05, 0.1) is 5.56 Å². The lowest BCUT2D eigenvalue weighted by atomic mass is 10.1. The number of aliphatic carboxylic acids is 1. The Morgan fingerprint density at radius 3 is 2.78 bits per heavy atom. The Morgan fingerprint density at radius 1 is 1.33 bits per heavy atom. The van der Waals surface area contributed by atoms with Gasteiger partial charge in [-0.15, -0.1) is 11.3 Å². The lowest BCUT2D eigenvalue weighted by Crippen LogP contribution is -2.15. The van der Waals surface area contributed by atoms with Gasteiger partial charge in [0.15, 0.2) is 0 Å². The number of anilines is 2. The van der Waals surface area contributed by atoms with E-state index >= 15 is 0 Å². The summed E-state index contributed by atoms with van der Waals surface area (Å²) in [5.74, 6) is -1.20. The van der Waals surface area contributed by atoms with Gasteiger partial charge < -0.3 is 21.3 Å².